The van der Waals surface area contributed by atoms with Crippen LogP contribution in [0.3, 0.4) is 0 Å². The van der Waals surface area contributed by atoms with Crippen LogP contribution in [-0.2, 0) is 13.1 Å². The van der Waals surface area contributed by atoms with E-state index < -0.39 is 0 Å². The second-order valence-electron chi connectivity index (χ2n) is 5.27. The lowest BCUT2D eigenvalue weighted by Crippen LogP contribution is -2.21. The third-order valence-electron chi connectivity index (χ3n) is 3.72. The summed E-state index contributed by atoms with van der Waals surface area (Å²) < 4.78 is 0. The number of thiazole rings is 1. The van der Waals surface area contributed by atoms with Crippen molar-refractivity contribution in [3.05, 3.63) is 45.9 Å². The third kappa shape index (κ3) is 3.19. The van der Waals surface area contributed by atoms with Crippen molar-refractivity contribution < 1.29 is 0 Å². The maximum absolute atomic E-state index is 4.29. The van der Waals surface area contributed by atoms with Crippen molar-refractivity contribution in [2.45, 2.75) is 32.9 Å². The number of benzene rings is 1. The normalized spacial score (nSPS) is 14.9. The summed E-state index contributed by atoms with van der Waals surface area (Å²) in [4.78, 5) is 8.11. The van der Waals surface area contributed by atoms with E-state index in [2.05, 4.69) is 46.4 Å². The molecule has 0 aliphatic carbocycles. The van der Waals surface area contributed by atoms with Gasteiger partial charge in [0.15, 0.2) is 0 Å². The molecule has 1 aromatic heterocycles. The van der Waals surface area contributed by atoms with Crippen LogP contribution in [0.4, 0.5) is 5.69 Å². The van der Waals surface area contributed by atoms with Crippen LogP contribution in [0.15, 0.2) is 30.5 Å². The van der Waals surface area contributed by atoms with Gasteiger partial charge >= 0.3 is 0 Å². The molecule has 20 heavy (non-hydrogen) atoms. The van der Waals surface area contributed by atoms with Crippen LogP contribution >= 0.6 is 11.3 Å². The summed E-state index contributed by atoms with van der Waals surface area (Å²) in [6, 6.07) is 8.76. The van der Waals surface area contributed by atoms with Crippen molar-refractivity contribution >= 4 is 17.0 Å². The van der Waals surface area contributed by atoms with Gasteiger partial charge in [0.25, 0.3) is 0 Å². The molecule has 1 fully saturated rings. The molecule has 3 nitrogen and oxygen atoms in total. The molecule has 3 rings (SSSR count). The van der Waals surface area contributed by atoms with Gasteiger partial charge in [-0.1, -0.05) is 18.2 Å². The van der Waals surface area contributed by atoms with Gasteiger partial charge in [-0.15, -0.1) is 11.3 Å². The first kappa shape index (κ1) is 13.6. The SMILES string of the molecule is Cc1ncc(CNCc2ccccc2N2CCCC2)s1. The van der Waals surface area contributed by atoms with E-state index in [0.29, 0.717) is 0 Å². The Bertz CT molecular complexity index is 558. The summed E-state index contributed by atoms with van der Waals surface area (Å²) in [6.07, 6.45) is 4.61. The summed E-state index contributed by atoms with van der Waals surface area (Å²) in [6.45, 7) is 6.27. The highest BCUT2D eigenvalue weighted by molar-refractivity contribution is 7.11. The van der Waals surface area contributed by atoms with Gasteiger partial charge in [0.05, 0.1) is 5.01 Å². The standard InChI is InChI=1S/C16H21N3S/c1-13-18-12-15(20-13)11-17-10-14-6-2-3-7-16(14)19-8-4-5-9-19/h2-3,6-7,12,17H,4-5,8-11H2,1H3. The van der Waals surface area contributed by atoms with Crippen molar-refractivity contribution in [3.8, 4) is 0 Å². The molecule has 0 unspecified atom stereocenters. The minimum atomic E-state index is 0.903. The number of nitrogens with one attached hydrogen (secondary N) is 1. The largest absolute Gasteiger partial charge is 0.371 e. The number of para-hydroxylation sites is 1. The first-order chi connectivity index (χ1) is 9.83. The monoisotopic (exact) mass is 287 g/mol. The summed E-state index contributed by atoms with van der Waals surface area (Å²) in [5, 5.41) is 4.68. The fourth-order valence-electron chi connectivity index (χ4n) is 2.73. The third-order valence-corrected chi connectivity index (χ3v) is 4.63. The Kier molecular flexibility index (Phi) is 4.33. The predicted octanol–water partition coefficient (Wildman–Crippen LogP) is 3.34. The molecule has 1 N–H and O–H groups in total. The molecule has 0 atom stereocenters. The van der Waals surface area contributed by atoms with Crippen LogP contribution in [0.25, 0.3) is 0 Å². The molecule has 0 saturated carbocycles. The molecule has 1 saturated heterocycles. The number of nitrogens with zero attached hydrogens (tertiary/aromatic N) is 2. The first-order valence-corrected chi connectivity index (χ1v) is 8.09. The smallest absolute Gasteiger partial charge is 0.0897 e. The zero-order valence-electron chi connectivity index (χ0n) is 11.9. The lowest BCUT2D eigenvalue weighted by Gasteiger charge is -2.21. The quantitative estimate of drug-likeness (QED) is 0.914. The van der Waals surface area contributed by atoms with Crippen molar-refractivity contribution in [1.82, 2.24) is 10.3 Å². The number of hydrogen-bond acceptors (Lipinski definition) is 4. The summed E-state index contributed by atoms with van der Waals surface area (Å²) in [5.41, 5.74) is 2.80. The predicted molar refractivity (Wildman–Crippen MR) is 85.3 cm³/mol. The first-order valence-electron chi connectivity index (χ1n) is 7.28. The van der Waals surface area contributed by atoms with Gasteiger partial charge in [0.2, 0.25) is 0 Å². The lowest BCUT2D eigenvalue weighted by atomic mass is 10.1. The van der Waals surface area contributed by atoms with E-state index in [1.165, 1.54) is 42.1 Å². The van der Waals surface area contributed by atoms with Crippen molar-refractivity contribution in [2.75, 3.05) is 18.0 Å². The summed E-state index contributed by atoms with van der Waals surface area (Å²) >= 11 is 1.77. The number of hydrogen-bond donors (Lipinski definition) is 1. The lowest BCUT2D eigenvalue weighted by molar-refractivity contribution is 0.697. The molecule has 0 bridgehead atoms. The van der Waals surface area contributed by atoms with E-state index in [4.69, 9.17) is 0 Å². The maximum atomic E-state index is 4.29. The van der Waals surface area contributed by atoms with Gasteiger partial charge in [0, 0.05) is 42.9 Å². The molecular weight excluding hydrogens is 266 g/mol. The Morgan fingerprint density at radius 3 is 2.75 bits per heavy atom. The number of aryl methyl sites for hydroxylation is 1. The molecule has 0 spiro atoms. The molecule has 2 aromatic rings. The second kappa shape index (κ2) is 6.37. The highest BCUT2D eigenvalue weighted by Crippen LogP contribution is 2.24. The molecule has 0 radical (unpaired) electrons. The van der Waals surface area contributed by atoms with Gasteiger partial charge in [-0.25, -0.2) is 4.98 Å². The minimum absolute atomic E-state index is 0.903. The van der Waals surface area contributed by atoms with E-state index in [1.807, 2.05) is 6.20 Å². The van der Waals surface area contributed by atoms with E-state index in [-0.39, 0.29) is 0 Å². The number of anilines is 1. The van der Waals surface area contributed by atoms with Crippen LogP contribution in [0.5, 0.6) is 0 Å². The summed E-state index contributed by atoms with van der Waals surface area (Å²) in [7, 11) is 0. The summed E-state index contributed by atoms with van der Waals surface area (Å²) in [5.74, 6) is 0. The Morgan fingerprint density at radius 1 is 1.20 bits per heavy atom. The van der Waals surface area contributed by atoms with Gasteiger partial charge in [-0.2, -0.15) is 0 Å². The van der Waals surface area contributed by atoms with Crippen LogP contribution in [0.2, 0.25) is 0 Å². The van der Waals surface area contributed by atoms with E-state index >= 15 is 0 Å². The number of rotatable bonds is 5. The van der Waals surface area contributed by atoms with E-state index in [0.717, 1.165) is 18.1 Å². The highest BCUT2D eigenvalue weighted by atomic mass is 32.1. The molecule has 4 heteroatoms. The zero-order chi connectivity index (χ0) is 13.8. The van der Waals surface area contributed by atoms with Gasteiger partial charge < -0.3 is 10.2 Å². The fourth-order valence-corrected chi connectivity index (χ4v) is 3.50. The van der Waals surface area contributed by atoms with Crippen LogP contribution in [0, 0.1) is 6.92 Å². The molecular formula is C16H21N3S. The topological polar surface area (TPSA) is 28.2 Å². The maximum Gasteiger partial charge on any atom is 0.0897 e. The fraction of sp³-hybridized carbons (Fsp3) is 0.438. The van der Waals surface area contributed by atoms with Gasteiger partial charge in [-0.05, 0) is 31.4 Å². The van der Waals surface area contributed by atoms with Crippen LogP contribution < -0.4 is 10.2 Å². The van der Waals surface area contributed by atoms with Gasteiger partial charge in [-0.3, -0.25) is 0 Å². The minimum Gasteiger partial charge on any atom is -0.371 e. The molecule has 1 aliphatic rings. The molecule has 1 aromatic carbocycles. The van der Waals surface area contributed by atoms with Crippen LogP contribution in [0.1, 0.15) is 28.3 Å². The average Bonchev–Trinajstić information content (AvgIpc) is 3.11. The Labute approximate surface area is 124 Å². The van der Waals surface area contributed by atoms with E-state index in [9.17, 15) is 0 Å². The highest BCUT2D eigenvalue weighted by Gasteiger charge is 2.14. The Morgan fingerprint density at radius 2 is 2.00 bits per heavy atom. The molecule has 2 heterocycles. The molecule has 106 valence electrons. The zero-order valence-corrected chi connectivity index (χ0v) is 12.7. The van der Waals surface area contributed by atoms with Gasteiger partial charge in [0.1, 0.15) is 0 Å². The van der Waals surface area contributed by atoms with Crippen molar-refractivity contribution in [3.63, 3.8) is 0 Å². The Hall–Kier alpha value is -1.39. The number of aromatic nitrogens is 1. The molecule has 1 aliphatic heterocycles. The second-order valence-corrected chi connectivity index (χ2v) is 6.59. The molecule has 0 amide bonds. The van der Waals surface area contributed by atoms with E-state index in [1.54, 1.807) is 11.3 Å². The Balaban J connectivity index is 1.62. The average molecular weight is 287 g/mol. The van der Waals surface area contributed by atoms with Crippen LogP contribution in [-0.4, -0.2) is 18.1 Å². The van der Waals surface area contributed by atoms with Crippen molar-refractivity contribution in [1.29, 1.82) is 0 Å². The van der Waals surface area contributed by atoms with Crippen molar-refractivity contribution in [2.24, 2.45) is 0 Å².